The number of rotatable bonds is 2. The van der Waals surface area contributed by atoms with Crippen molar-refractivity contribution in [1.29, 1.82) is 0 Å². The van der Waals surface area contributed by atoms with Crippen LogP contribution in [0.25, 0.3) is 0 Å². The molecule has 0 N–H and O–H groups in total. The van der Waals surface area contributed by atoms with Crippen molar-refractivity contribution in [2.24, 2.45) is 17.3 Å². The van der Waals surface area contributed by atoms with Crippen LogP contribution in [0.4, 0.5) is 0 Å². The summed E-state index contributed by atoms with van der Waals surface area (Å²) in [6.45, 7) is 10.8. The van der Waals surface area contributed by atoms with Gasteiger partial charge in [-0.1, -0.05) is 6.92 Å². The van der Waals surface area contributed by atoms with Gasteiger partial charge in [0, 0.05) is 38.1 Å². The molecule has 0 aromatic heterocycles. The van der Waals surface area contributed by atoms with Gasteiger partial charge in [-0.25, -0.2) is 0 Å². The van der Waals surface area contributed by atoms with E-state index < -0.39 is 0 Å². The third-order valence-corrected chi connectivity index (χ3v) is 4.25. The zero-order chi connectivity index (χ0) is 10.5. The van der Waals surface area contributed by atoms with Gasteiger partial charge in [-0.3, -0.25) is 0 Å². The number of nitrogens with zero attached hydrogens (tertiary/aromatic N) is 2. The molecule has 3 saturated heterocycles. The minimum Gasteiger partial charge on any atom is -0.380 e. The lowest BCUT2D eigenvalue weighted by Gasteiger charge is -2.41. The van der Waals surface area contributed by atoms with Crippen LogP contribution >= 0.6 is 0 Å². The molecule has 0 aliphatic carbocycles. The van der Waals surface area contributed by atoms with Gasteiger partial charge >= 0.3 is 0 Å². The monoisotopic (exact) mass is 210 g/mol. The summed E-state index contributed by atoms with van der Waals surface area (Å²) in [5.74, 6) is 1.89. The maximum atomic E-state index is 5.32. The molecule has 3 fully saturated rings. The molecule has 0 unspecified atom stereocenters. The van der Waals surface area contributed by atoms with E-state index in [1.807, 2.05) is 0 Å². The Hall–Kier alpha value is -0.120. The van der Waals surface area contributed by atoms with Crippen LogP contribution in [0.3, 0.4) is 0 Å². The number of fused-ring (bicyclic) bond motifs is 1. The van der Waals surface area contributed by atoms with E-state index in [1.165, 1.54) is 32.7 Å². The van der Waals surface area contributed by atoms with Crippen LogP contribution in [-0.4, -0.2) is 62.8 Å². The van der Waals surface area contributed by atoms with Crippen LogP contribution in [0.15, 0.2) is 0 Å². The van der Waals surface area contributed by atoms with Gasteiger partial charge in [0.15, 0.2) is 0 Å². The van der Waals surface area contributed by atoms with Crippen molar-refractivity contribution in [3.8, 4) is 0 Å². The molecule has 3 heterocycles. The van der Waals surface area contributed by atoms with Crippen molar-refractivity contribution in [3.05, 3.63) is 0 Å². The molecule has 0 amide bonds. The molecule has 0 saturated carbocycles. The Morgan fingerprint density at radius 3 is 2.20 bits per heavy atom. The Balaban J connectivity index is 1.54. The Morgan fingerprint density at radius 1 is 1.13 bits per heavy atom. The minimum absolute atomic E-state index is 0.463. The van der Waals surface area contributed by atoms with E-state index in [0.717, 1.165) is 25.0 Å². The molecule has 86 valence electrons. The summed E-state index contributed by atoms with van der Waals surface area (Å²) in [4.78, 5) is 5.16. The molecule has 0 aromatic rings. The van der Waals surface area contributed by atoms with Crippen LogP contribution in [0.5, 0.6) is 0 Å². The highest BCUT2D eigenvalue weighted by Gasteiger charge is 2.42. The van der Waals surface area contributed by atoms with Crippen LogP contribution in [0.1, 0.15) is 6.92 Å². The molecule has 0 aromatic carbocycles. The van der Waals surface area contributed by atoms with Gasteiger partial charge in [0.2, 0.25) is 0 Å². The van der Waals surface area contributed by atoms with Gasteiger partial charge in [0.1, 0.15) is 0 Å². The minimum atomic E-state index is 0.463. The van der Waals surface area contributed by atoms with E-state index in [2.05, 4.69) is 23.8 Å². The standard InChI is InChI=1S/C12H22N2O/c1-12(8-15-9-12)7-14-5-10-3-13(2)4-11(10)6-14/h10-11H,3-9H2,1-2H3/t10-,11+. The Bertz CT molecular complexity index is 238. The summed E-state index contributed by atoms with van der Waals surface area (Å²) >= 11 is 0. The van der Waals surface area contributed by atoms with Crippen molar-refractivity contribution in [3.63, 3.8) is 0 Å². The Morgan fingerprint density at radius 2 is 1.73 bits per heavy atom. The van der Waals surface area contributed by atoms with Crippen LogP contribution < -0.4 is 0 Å². The van der Waals surface area contributed by atoms with Crippen molar-refractivity contribution < 1.29 is 4.74 Å². The number of hydrogen-bond donors (Lipinski definition) is 0. The third-order valence-electron chi connectivity index (χ3n) is 4.25. The van der Waals surface area contributed by atoms with Gasteiger partial charge < -0.3 is 14.5 Å². The second-order valence-electron chi connectivity index (χ2n) is 6.24. The molecular formula is C12H22N2O. The third kappa shape index (κ3) is 1.81. The molecular weight excluding hydrogens is 188 g/mol. The first-order chi connectivity index (χ1) is 7.15. The second kappa shape index (κ2) is 3.44. The van der Waals surface area contributed by atoms with Gasteiger partial charge in [-0.05, 0) is 18.9 Å². The summed E-state index contributed by atoms with van der Waals surface area (Å²) in [5.41, 5.74) is 0.463. The largest absolute Gasteiger partial charge is 0.380 e. The first-order valence-electron chi connectivity index (χ1n) is 6.13. The summed E-state index contributed by atoms with van der Waals surface area (Å²) < 4.78 is 5.32. The molecule has 0 radical (unpaired) electrons. The van der Waals surface area contributed by atoms with E-state index >= 15 is 0 Å². The number of hydrogen-bond acceptors (Lipinski definition) is 3. The Labute approximate surface area is 92.4 Å². The molecule has 0 spiro atoms. The maximum Gasteiger partial charge on any atom is 0.0554 e. The zero-order valence-electron chi connectivity index (χ0n) is 9.91. The van der Waals surface area contributed by atoms with Gasteiger partial charge in [-0.15, -0.1) is 0 Å². The fraction of sp³-hybridized carbons (Fsp3) is 1.00. The first-order valence-corrected chi connectivity index (χ1v) is 6.13. The van der Waals surface area contributed by atoms with E-state index in [-0.39, 0.29) is 0 Å². The molecule has 3 aliphatic rings. The average molecular weight is 210 g/mol. The van der Waals surface area contributed by atoms with Gasteiger partial charge in [-0.2, -0.15) is 0 Å². The average Bonchev–Trinajstić information content (AvgIpc) is 2.58. The van der Waals surface area contributed by atoms with E-state index in [9.17, 15) is 0 Å². The van der Waals surface area contributed by atoms with Gasteiger partial charge in [0.05, 0.1) is 13.2 Å². The Kier molecular flexibility index (Phi) is 2.31. The number of likely N-dealkylation sites (tertiary alicyclic amines) is 2. The smallest absolute Gasteiger partial charge is 0.0554 e. The molecule has 3 rings (SSSR count). The zero-order valence-corrected chi connectivity index (χ0v) is 9.91. The predicted octanol–water partition coefficient (Wildman–Crippen LogP) is 0.516. The fourth-order valence-corrected chi connectivity index (χ4v) is 3.54. The van der Waals surface area contributed by atoms with E-state index in [4.69, 9.17) is 4.74 Å². The van der Waals surface area contributed by atoms with Crippen LogP contribution in [0.2, 0.25) is 0 Å². The highest BCUT2D eigenvalue weighted by Crippen LogP contribution is 2.34. The van der Waals surface area contributed by atoms with Crippen molar-refractivity contribution in [2.75, 3.05) is 53.0 Å². The maximum absolute atomic E-state index is 5.32. The molecule has 3 nitrogen and oxygen atoms in total. The molecule has 2 atom stereocenters. The lowest BCUT2D eigenvalue weighted by molar-refractivity contribution is -0.113. The van der Waals surface area contributed by atoms with Crippen molar-refractivity contribution >= 4 is 0 Å². The lowest BCUT2D eigenvalue weighted by atomic mass is 9.88. The molecule has 3 aliphatic heterocycles. The first kappa shape index (κ1) is 10.1. The predicted molar refractivity (Wildman–Crippen MR) is 59.8 cm³/mol. The fourth-order valence-electron chi connectivity index (χ4n) is 3.54. The highest BCUT2D eigenvalue weighted by molar-refractivity contribution is 4.94. The molecule has 15 heavy (non-hydrogen) atoms. The van der Waals surface area contributed by atoms with Crippen LogP contribution in [0, 0.1) is 17.3 Å². The summed E-state index contributed by atoms with van der Waals surface area (Å²) in [5, 5.41) is 0. The van der Waals surface area contributed by atoms with E-state index in [1.54, 1.807) is 0 Å². The van der Waals surface area contributed by atoms with Gasteiger partial charge in [0.25, 0.3) is 0 Å². The highest BCUT2D eigenvalue weighted by atomic mass is 16.5. The SMILES string of the molecule is CN1C[C@@H]2CN(CC3(C)COC3)C[C@@H]2C1. The summed E-state index contributed by atoms with van der Waals surface area (Å²) in [6, 6.07) is 0. The summed E-state index contributed by atoms with van der Waals surface area (Å²) in [7, 11) is 2.25. The molecule has 0 bridgehead atoms. The second-order valence-corrected chi connectivity index (χ2v) is 6.24. The van der Waals surface area contributed by atoms with Crippen molar-refractivity contribution in [2.45, 2.75) is 6.92 Å². The van der Waals surface area contributed by atoms with Crippen molar-refractivity contribution in [1.82, 2.24) is 9.80 Å². The van der Waals surface area contributed by atoms with Crippen LogP contribution in [-0.2, 0) is 4.74 Å². The lowest BCUT2D eigenvalue weighted by Crippen LogP contribution is -2.48. The topological polar surface area (TPSA) is 15.7 Å². The normalized spacial score (nSPS) is 40.4. The number of ether oxygens (including phenoxy) is 1. The summed E-state index contributed by atoms with van der Waals surface area (Å²) in [6.07, 6.45) is 0. The van der Waals surface area contributed by atoms with E-state index in [0.29, 0.717) is 5.41 Å². The molecule has 3 heteroatoms. The quantitative estimate of drug-likeness (QED) is 0.661.